The summed E-state index contributed by atoms with van der Waals surface area (Å²) in [7, 11) is 1.76. The molecule has 1 heterocycles. The quantitative estimate of drug-likeness (QED) is 0.801. The average Bonchev–Trinajstić information content (AvgIpc) is 2.80. The van der Waals surface area contributed by atoms with Crippen LogP contribution in [0.1, 0.15) is 25.8 Å². The molecular formula is C16H24N2O. The Morgan fingerprint density at radius 3 is 2.84 bits per heavy atom. The number of hydrogen-bond donors (Lipinski definition) is 2. The summed E-state index contributed by atoms with van der Waals surface area (Å²) in [6.07, 6.45) is 3.17. The molecule has 0 saturated heterocycles. The molecule has 0 fully saturated rings. The summed E-state index contributed by atoms with van der Waals surface area (Å²) in [5.41, 5.74) is 2.80. The van der Waals surface area contributed by atoms with Gasteiger partial charge in [0.25, 0.3) is 0 Å². The molecule has 0 amide bonds. The zero-order valence-electron chi connectivity index (χ0n) is 12.1. The predicted molar refractivity (Wildman–Crippen MR) is 80.3 cm³/mol. The smallest absolute Gasteiger partial charge is 0.0467 e. The van der Waals surface area contributed by atoms with E-state index in [2.05, 4.69) is 54.6 Å². The number of nitrogens with one attached hydrogen (secondary N) is 2. The van der Waals surface area contributed by atoms with E-state index in [1.807, 2.05) is 0 Å². The molecule has 104 valence electrons. The van der Waals surface area contributed by atoms with Gasteiger partial charge in [-0.25, -0.2) is 0 Å². The van der Waals surface area contributed by atoms with Crippen molar-refractivity contribution in [1.29, 1.82) is 0 Å². The standard InChI is InChI=1S/C16H24N2O/c1-16(2,8-9-19-3)12-17-10-13-11-18-15-7-5-4-6-14(13)15/h4-7,11,17-18H,8-10,12H2,1-3H3. The SMILES string of the molecule is COCCC(C)(C)CNCc1c[nH]c2ccccc12. The maximum absolute atomic E-state index is 5.15. The average molecular weight is 260 g/mol. The monoisotopic (exact) mass is 260 g/mol. The van der Waals surface area contributed by atoms with E-state index in [-0.39, 0.29) is 5.41 Å². The van der Waals surface area contributed by atoms with Crippen LogP contribution in [0.3, 0.4) is 0 Å². The van der Waals surface area contributed by atoms with E-state index in [4.69, 9.17) is 4.74 Å². The van der Waals surface area contributed by atoms with Gasteiger partial charge in [0.2, 0.25) is 0 Å². The number of para-hydroxylation sites is 1. The predicted octanol–water partition coefficient (Wildman–Crippen LogP) is 3.32. The van der Waals surface area contributed by atoms with Gasteiger partial charge in [-0.15, -0.1) is 0 Å². The third-order valence-electron chi connectivity index (χ3n) is 3.58. The van der Waals surface area contributed by atoms with Crippen molar-refractivity contribution in [1.82, 2.24) is 10.3 Å². The first-order valence-corrected chi connectivity index (χ1v) is 6.87. The Morgan fingerprint density at radius 2 is 2.05 bits per heavy atom. The largest absolute Gasteiger partial charge is 0.385 e. The lowest BCUT2D eigenvalue weighted by molar-refractivity contribution is 0.150. The van der Waals surface area contributed by atoms with E-state index in [0.29, 0.717) is 0 Å². The summed E-state index contributed by atoms with van der Waals surface area (Å²) >= 11 is 0. The van der Waals surface area contributed by atoms with Gasteiger partial charge in [0.15, 0.2) is 0 Å². The molecule has 19 heavy (non-hydrogen) atoms. The van der Waals surface area contributed by atoms with Crippen molar-refractivity contribution in [2.45, 2.75) is 26.8 Å². The first-order valence-electron chi connectivity index (χ1n) is 6.87. The first kappa shape index (κ1) is 14.1. The van der Waals surface area contributed by atoms with Crippen LogP contribution in [0.15, 0.2) is 30.5 Å². The van der Waals surface area contributed by atoms with Crippen molar-refractivity contribution < 1.29 is 4.74 Å². The summed E-state index contributed by atoms with van der Waals surface area (Å²) in [5.74, 6) is 0. The number of methoxy groups -OCH3 is 1. The highest BCUT2D eigenvalue weighted by Gasteiger charge is 2.17. The first-order chi connectivity index (χ1) is 9.12. The van der Waals surface area contributed by atoms with Crippen molar-refractivity contribution in [3.63, 3.8) is 0 Å². The number of fused-ring (bicyclic) bond motifs is 1. The molecule has 0 atom stereocenters. The minimum atomic E-state index is 0.266. The van der Waals surface area contributed by atoms with Crippen molar-refractivity contribution in [3.05, 3.63) is 36.0 Å². The van der Waals surface area contributed by atoms with Crippen LogP contribution in [0.4, 0.5) is 0 Å². The van der Waals surface area contributed by atoms with Crippen LogP contribution in [-0.2, 0) is 11.3 Å². The van der Waals surface area contributed by atoms with Crippen molar-refractivity contribution >= 4 is 10.9 Å². The molecule has 0 aliphatic carbocycles. The molecule has 0 radical (unpaired) electrons. The maximum Gasteiger partial charge on any atom is 0.0467 e. The highest BCUT2D eigenvalue weighted by molar-refractivity contribution is 5.82. The Kier molecular flexibility index (Phi) is 4.61. The summed E-state index contributed by atoms with van der Waals surface area (Å²) in [6.45, 7) is 7.26. The van der Waals surface area contributed by atoms with Crippen molar-refractivity contribution in [3.8, 4) is 0 Å². The van der Waals surface area contributed by atoms with Crippen LogP contribution in [0.5, 0.6) is 0 Å². The Bertz CT molecular complexity index is 516. The highest BCUT2D eigenvalue weighted by atomic mass is 16.5. The molecule has 2 N–H and O–H groups in total. The van der Waals surface area contributed by atoms with Crippen LogP contribution in [-0.4, -0.2) is 25.2 Å². The number of rotatable bonds is 7. The van der Waals surface area contributed by atoms with E-state index in [1.165, 1.54) is 16.5 Å². The molecule has 1 aromatic heterocycles. The normalized spacial score (nSPS) is 12.2. The van der Waals surface area contributed by atoms with Crippen LogP contribution < -0.4 is 5.32 Å². The number of aromatic nitrogens is 1. The summed E-state index contributed by atoms with van der Waals surface area (Å²) in [4.78, 5) is 3.31. The Morgan fingerprint density at radius 1 is 1.26 bits per heavy atom. The van der Waals surface area contributed by atoms with E-state index in [1.54, 1.807) is 7.11 Å². The van der Waals surface area contributed by atoms with Gasteiger partial charge in [0.05, 0.1) is 0 Å². The van der Waals surface area contributed by atoms with Crippen LogP contribution in [0.25, 0.3) is 10.9 Å². The molecule has 2 rings (SSSR count). The Labute approximate surface area is 115 Å². The molecule has 0 aliphatic heterocycles. The number of ether oxygens (including phenoxy) is 1. The third kappa shape index (κ3) is 3.82. The highest BCUT2D eigenvalue weighted by Crippen LogP contribution is 2.20. The zero-order chi connectivity index (χ0) is 13.7. The Balaban J connectivity index is 1.89. The van der Waals surface area contributed by atoms with Crippen molar-refractivity contribution in [2.24, 2.45) is 5.41 Å². The third-order valence-corrected chi connectivity index (χ3v) is 3.58. The lowest BCUT2D eigenvalue weighted by Crippen LogP contribution is -2.30. The Hall–Kier alpha value is -1.32. The number of H-pyrrole nitrogens is 1. The second-order valence-corrected chi connectivity index (χ2v) is 5.87. The molecule has 3 heteroatoms. The van der Waals surface area contributed by atoms with Crippen LogP contribution in [0.2, 0.25) is 0 Å². The molecule has 0 saturated carbocycles. The molecule has 0 spiro atoms. The van der Waals surface area contributed by atoms with Gasteiger partial charge in [-0.2, -0.15) is 0 Å². The van der Waals surface area contributed by atoms with Gasteiger partial charge >= 0.3 is 0 Å². The second-order valence-electron chi connectivity index (χ2n) is 5.87. The topological polar surface area (TPSA) is 37.0 Å². The van der Waals surface area contributed by atoms with E-state index in [0.717, 1.165) is 26.1 Å². The molecular weight excluding hydrogens is 236 g/mol. The van der Waals surface area contributed by atoms with Gasteiger partial charge in [-0.05, 0) is 23.5 Å². The van der Waals surface area contributed by atoms with Gasteiger partial charge in [-0.1, -0.05) is 32.0 Å². The van der Waals surface area contributed by atoms with Gasteiger partial charge in [0, 0.05) is 43.9 Å². The second kappa shape index (κ2) is 6.22. The minimum Gasteiger partial charge on any atom is -0.385 e. The maximum atomic E-state index is 5.15. The van der Waals surface area contributed by atoms with Gasteiger partial charge in [0.1, 0.15) is 0 Å². The number of aromatic amines is 1. The van der Waals surface area contributed by atoms with Crippen molar-refractivity contribution in [2.75, 3.05) is 20.3 Å². The zero-order valence-corrected chi connectivity index (χ0v) is 12.1. The van der Waals surface area contributed by atoms with Gasteiger partial charge < -0.3 is 15.0 Å². The van der Waals surface area contributed by atoms with E-state index in [9.17, 15) is 0 Å². The summed E-state index contributed by atoms with van der Waals surface area (Å²) < 4.78 is 5.15. The molecule has 0 unspecified atom stereocenters. The van der Waals surface area contributed by atoms with Gasteiger partial charge in [-0.3, -0.25) is 0 Å². The fraction of sp³-hybridized carbons (Fsp3) is 0.500. The molecule has 0 aliphatic rings. The molecule has 0 bridgehead atoms. The van der Waals surface area contributed by atoms with E-state index < -0.39 is 0 Å². The number of benzene rings is 1. The van der Waals surface area contributed by atoms with Crippen LogP contribution in [0, 0.1) is 5.41 Å². The lowest BCUT2D eigenvalue weighted by Gasteiger charge is -2.24. The molecule has 2 aromatic rings. The molecule has 1 aromatic carbocycles. The van der Waals surface area contributed by atoms with Crippen LogP contribution >= 0.6 is 0 Å². The molecule has 3 nitrogen and oxygen atoms in total. The van der Waals surface area contributed by atoms with E-state index >= 15 is 0 Å². The fourth-order valence-corrected chi connectivity index (χ4v) is 2.28. The summed E-state index contributed by atoms with van der Waals surface area (Å²) in [5, 5.41) is 4.86. The lowest BCUT2D eigenvalue weighted by atomic mass is 9.89. The minimum absolute atomic E-state index is 0.266. The number of hydrogen-bond acceptors (Lipinski definition) is 2. The fourth-order valence-electron chi connectivity index (χ4n) is 2.28. The summed E-state index contributed by atoms with van der Waals surface area (Å²) in [6, 6.07) is 8.42.